The van der Waals surface area contributed by atoms with Gasteiger partial charge in [0.05, 0.1) is 28.4 Å². The Balaban J connectivity index is 1.60. The number of hydrogen-bond acceptors (Lipinski definition) is 3. The smallest absolute Gasteiger partial charge is 0.343 e. The molecule has 0 aliphatic carbocycles. The molecule has 0 unspecified atom stereocenters. The van der Waals surface area contributed by atoms with E-state index in [9.17, 15) is 4.79 Å². The van der Waals surface area contributed by atoms with Gasteiger partial charge in [-0.05, 0) is 64.4 Å². The summed E-state index contributed by atoms with van der Waals surface area (Å²) in [6, 6.07) is 44.8. The number of rotatable bonds is 3. The molecule has 1 aliphatic rings. The highest BCUT2D eigenvalue weighted by Gasteiger charge is 2.46. The minimum atomic E-state index is -0.515. The number of hydrogen-bond donors (Lipinski definition) is 0. The summed E-state index contributed by atoms with van der Waals surface area (Å²) in [6.07, 6.45) is 1.53. The van der Waals surface area contributed by atoms with Gasteiger partial charge in [0.25, 0.3) is 0 Å². The second-order valence-electron chi connectivity index (χ2n) is 9.79. The highest BCUT2D eigenvalue weighted by molar-refractivity contribution is 5.94. The third-order valence-corrected chi connectivity index (χ3v) is 7.76. The predicted octanol–water partition coefficient (Wildman–Crippen LogP) is 8.27. The Kier molecular flexibility index (Phi) is 5.05. The molecular weight excluding hydrogens is 466 g/mol. The van der Waals surface area contributed by atoms with Crippen molar-refractivity contribution in [1.82, 2.24) is 0 Å². The number of anilines is 3. The third-order valence-electron chi connectivity index (χ3n) is 7.76. The SMILES string of the molecule is Cc1coc(=O)c2cc(N3c4ccccc4C(c4ccccc4)(c4ccccc4)c4ccccc43)ccc12. The highest BCUT2D eigenvalue weighted by Crippen LogP contribution is 2.57. The monoisotopic (exact) mass is 491 g/mol. The average Bonchev–Trinajstić information content (AvgIpc) is 2.98. The van der Waals surface area contributed by atoms with Crippen LogP contribution in [-0.4, -0.2) is 0 Å². The molecule has 2 heterocycles. The van der Waals surface area contributed by atoms with Crippen LogP contribution in [0.25, 0.3) is 10.8 Å². The maximum Gasteiger partial charge on any atom is 0.343 e. The summed E-state index contributed by atoms with van der Waals surface area (Å²) in [6.45, 7) is 1.96. The van der Waals surface area contributed by atoms with Crippen LogP contribution in [0.5, 0.6) is 0 Å². The maximum absolute atomic E-state index is 12.7. The zero-order valence-electron chi connectivity index (χ0n) is 21.0. The fourth-order valence-electron chi connectivity index (χ4n) is 6.14. The van der Waals surface area contributed by atoms with Crippen LogP contribution in [0.1, 0.15) is 27.8 Å². The molecule has 3 nitrogen and oxygen atoms in total. The van der Waals surface area contributed by atoms with Crippen molar-refractivity contribution in [1.29, 1.82) is 0 Å². The average molecular weight is 492 g/mol. The molecule has 0 saturated carbocycles. The van der Waals surface area contributed by atoms with Crippen LogP contribution in [0.3, 0.4) is 0 Å². The van der Waals surface area contributed by atoms with Crippen LogP contribution in [0.4, 0.5) is 17.1 Å². The van der Waals surface area contributed by atoms with E-state index in [1.165, 1.54) is 28.5 Å². The van der Waals surface area contributed by atoms with Gasteiger partial charge in [-0.15, -0.1) is 0 Å². The first-order valence-electron chi connectivity index (χ1n) is 12.8. The highest BCUT2D eigenvalue weighted by atomic mass is 16.4. The lowest BCUT2D eigenvalue weighted by molar-refractivity contribution is 0.516. The van der Waals surface area contributed by atoms with Gasteiger partial charge in [-0.25, -0.2) is 4.79 Å². The van der Waals surface area contributed by atoms with Crippen molar-refractivity contribution in [3.8, 4) is 0 Å². The summed E-state index contributed by atoms with van der Waals surface area (Å²) in [5.41, 5.74) is 7.97. The fraction of sp³-hybridized carbons (Fsp3) is 0.0571. The van der Waals surface area contributed by atoms with Gasteiger partial charge in [0.15, 0.2) is 0 Å². The van der Waals surface area contributed by atoms with Crippen LogP contribution in [0.2, 0.25) is 0 Å². The van der Waals surface area contributed by atoms with E-state index < -0.39 is 5.41 Å². The standard InChI is InChI=1S/C35H25NO2/c1-24-23-38-34(37)29-22-27(20-21-28(24)29)36-32-18-10-8-16-30(32)35(25-12-4-2-5-13-25,26-14-6-3-7-15-26)31-17-9-11-19-33(31)36/h2-23H,1H3. The molecule has 0 fully saturated rings. The largest absolute Gasteiger partial charge is 0.431 e. The van der Waals surface area contributed by atoms with Crippen molar-refractivity contribution in [2.24, 2.45) is 0 Å². The van der Waals surface area contributed by atoms with Gasteiger partial charge in [-0.3, -0.25) is 0 Å². The van der Waals surface area contributed by atoms with Crippen molar-refractivity contribution >= 4 is 27.8 Å². The predicted molar refractivity (Wildman–Crippen MR) is 154 cm³/mol. The Hall–Kier alpha value is -4.89. The molecule has 0 saturated heterocycles. The van der Waals surface area contributed by atoms with Crippen molar-refractivity contribution in [2.45, 2.75) is 12.3 Å². The van der Waals surface area contributed by atoms with Crippen LogP contribution in [0, 0.1) is 6.92 Å². The first-order valence-corrected chi connectivity index (χ1v) is 12.8. The van der Waals surface area contributed by atoms with Gasteiger partial charge in [-0.2, -0.15) is 0 Å². The van der Waals surface area contributed by atoms with E-state index in [-0.39, 0.29) is 5.63 Å². The van der Waals surface area contributed by atoms with E-state index in [1.54, 1.807) is 0 Å². The van der Waals surface area contributed by atoms with Gasteiger partial charge < -0.3 is 9.32 Å². The first kappa shape index (κ1) is 22.3. The number of aryl methyl sites for hydroxylation is 1. The summed E-state index contributed by atoms with van der Waals surface area (Å²) in [4.78, 5) is 15.0. The first-order chi connectivity index (χ1) is 18.7. The molecule has 6 aromatic rings. The fourth-order valence-corrected chi connectivity index (χ4v) is 6.14. The Labute approximate surface area is 221 Å². The minimum Gasteiger partial charge on any atom is -0.431 e. The molecule has 7 rings (SSSR count). The molecule has 0 spiro atoms. The zero-order valence-corrected chi connectivity index (χ0v) is 21.0. The van der Waals surface area contributed by atoms with Crippen molar-refractivity contribution < 1.29 is 4.42 Å². The van der Waals surface area contributed by atoms with Crippen molar-refractivity contribution in [3.63, 3.8) is 0 Å². The lowest BCUT2D eigenvalue weighted by atomic mass is 9.62. The lowest BCUT2D eigenvalue weighted by Gasteiger charge is -2.46. The quantitative estimate of drug-likeness (QED) is 0.249. The van der Waals surface area contributed by atoms with Crippen LogP contribution in [0.15, 0.2) is 143 Å². The number of fused-ring (bicyclic) bond motifs is 3. The molecule has 0 bridgehead atoms. The minimum absolute atomic E-state index is 0.325. The van der Waals surface area contributed by atoms with E-state index >= 15 is 0 Å². The third kappa shape index (κ3) is 3.12. The maximum atomic E-state index is 12.7. The van der Waals surface area contributed by atoms with Crippen molar-refractivity contribution in [3.05, 3.63) is 172 Å². The summed E-state index contributed by atoms with van der Waals surface area (Å²) in [5, 5.41) is 1.49. The van der Waals surface area contributed by atoms with Gasteiger partial charge >= 0.3 is 5.63 Å². The van der Waals surface area contributed by atoms with Crippen LogP contribution < -0.4 is 10.5 Å². The summed E-state index contributed by atoms with van der Waals surface area (Å²) in [7, 11) is 0. The Morgan fingerprint density at radius 1 is 0.605 bits per heavy atom. The molecule has 0 atom stereocenters. The van der Waals surface area contributed by atoms with E-state index in [2.05, 4.69) is 120 Å². The van der Waals surface area contributed by atoms with Gasteiger partial charge in [-0.1, -0.05) is 103 Å². The lowest BCUT2D eigenvalue weighted by Crippen LogP contribution is -2.37. The molecular formula is C35H25NO2. The van der Waals surface area contributed by atoms with Gasteiger partial charge in [0, 0.05) is 5.69 Å². The summed E-state index contributed by atoms with van der Waals surface area (Å²) in [5.74, 6) is 0. The van der Waals surface area contributed by atoms with Gasteiger partial charge in [0.2, 0.25) is 0 Å². The summed E-state index contributed by atoms with van der Waals surface area (Å²) < 4.78 is 5.33. The van der Waals surface area contributed by atoms with Gasteiger partial charge in [0.1, 0.15) is 0 Å². The van der Waals surface area contributed by atoms with Crippen LogP contribution >= 0.6 is 0 Å². The second-order valence-corrected chi connectivity index (χ2v) is 9.79. The van der Waals surface area contributed by atoms with Crippen molar-refractivity contribution in [2.75, 3.05) is 4.90 Å². The Bertz CT molecular complexity index is 1770. The molecule has 38 heavy (non-hydrogen) atoms. The molecule has 1 aromatic heterocycles. The molecule has 1 aliphatic heterocycles. The molecule has 0 N–H and O–H groups in total. The zero-order chi connectivity index (χ0) is 25.7. The number of benzene rings is 5. The molecule has 0 radical (unpaired) electrons. The van der Waals surface area contributed by atoms with E-state index in [1.807, 2.05) is 19.1 Å². The molecule has 182 valence electrons. The van der Waals surface area contributed by atoms with E-state index in [0.717, 1.165) is 28.0 Å². The normalized spacial score (nSPS) is 13.7. The van der Waals surface area contributed by atoms with E-state index in [4.69, 9.17) is 4.42 Å². The molecule has 3 heteroatoms. The topological polar surface area (TPSA) is 33.5 Å². The van der Waals surface area contributed by atoms with E-state index in [0.29, 0.717) is 5.39 Å². The molecule has 5 aromatic carbocycles. The second kappa shape index (κ2) is 8.60. The summed E-state index contributed by atoms with van der Waals surface area (Å²) >= 11 is 0. The van der Waals surface area contributed by atoms with Crippen LogP contribution in [-0.2, 0) is 5.41 Å². The Morgan fingerprint density at radius 2 is 1.13 bits per heavy atom. The molecule has 0 amide bonds. The number of nitrogens with zero attached hydrogens (tertiary/aromatic N) is 1. The number of para-hydroxylation sites is 2. The Morgan fingerprint density at radius 3 is 1.71 bits per heavy atom.